The molecule has 0 saturated heterocycles. The van der Waals surface area contributed by atoms with Gasteiger partial charge in [-0.15, -0.1) is 0 Å². The third-order valence-electron chi connectivity index (χ3n) is 4.33. The van der Waals surface area contributed by atoms with Gasteiger partial charge in [0.15, 0.2) is 11.5 Å². The number of nitrogens with one attached hydrogen (secondary N) is 1. The first-order valence-corrected chi connectivity index (χ1v) is 12.7. The maximum Gasteiger partial charge on any atom is 0.339 e. The third kappa shape index (κ3) is 6.50. The molecule has 0 aliphatic rings. The smallest absolute Gasteiger partial charge is 0.339 e. The van der Waals surface area contributed by atoms with Crippen LogP contribution in [0.1, 0.15) is 12.5 Å². The highest BCUT2D eigenvalue weighted by atomic mass is 127. The van der Waals surface area contributed by atoms with Crippen LogP contribution >= 0.6 is 34.2 Å². The Hall–Kier alpha value is -3.07. The summed E-state index contributed by atoms with van der Waals surface area (Å²) in [5.74, 6) is -0.423. The van der Waals surface area contributed by atoms with Crippen LogP contribution in [0.3, 0.4) is 0 Å². The van der Waals surface area contributed by atoms with Crippen molar-refractivity contribution >= 4 is 62.0 Å². The van der Waals surface area contributed by atoms with Crippen molar-refractivity contribution in [1.82, 2.24) is 0 Å². The van der Waals surface area contributed by atoms with Crippen molar-refractivity contribution in [2.45, 2.75) is 11.8 Å². The van der Waals surface area contributed by atoms with Crippen molar-refractivity contribution in [3.8, 4) is 17.6 Å². The first-order valence-electron chi connectivity index (χ1n) is 9.88. The highest BCUT2D eigenvalue weighted by Gasteiger charge is 2.22. The van der Waals surface area contributed by atoms with Gasteiger partial charge in [-0.25, -0.2) is 0 Å². The summed E-state index contributed by atoms with van der Waals surface area (Å²) in [6.07, 6.45) is 1.39. The van der Waals surface area contributed by atoms with E-state index in [0.717, 1.165) is 0 Å². The van der Waals surface area contributed by atoms with Crippen molar-refractivity contribution in [2.24, 2.45) is 0 Å². The number of benzene rings is 3. The Bertz CT molecular complexity index is 1370. The van der Waals surface area contributed by atoms with Gasteiger partial charge in [-0.1, -0.05) is 29.8 Å². The summed E-state index contributed by atoms with van der Waals surface area (Å²) in [7, 11) is -4.16. The average Bonchev–Trinajstić information content (AvgIpc) is 2.80. The molecular formula is C24H18ClIN2O5S. The number of amides is 1. The number of anilines is 1. The number of halogens is 2. The van der Waals surface area contributed by atoms with E-state index in [-0.39, 0.29) is 28.6 Å². The van der Waals surface area contributed by atoms with Gasteiger partial charge in [0.25, 0.3) is 5.91 Å². The van der Waals surface area contributed by atoms with E-state index >= 15 is 0 Å². The first-order chi connectivity index (χ1) is 16.2. The molecule has 0 saturated carbocycles. The van der Waals surface area contributed by atoms with Crippen LogP contribution < -0.4 is 14.2 Å². The van der Waals surface area contributed by atoms with Crippen LogP contribution in [0.4, 0.5) is 5.69 Å². The molecular weight excluding hydrogens is 591 g/mol. The minimum absolute atomic E-state index is 0.00166. The Labute approximate surface area is 216 Å². The molecule has 0 aromatic heterocycles. The van der Waals surface area contributed by atoms with E-state index in [1.807, 2.05) is 34.7 Å². The van der Waals surface area contributed by atoms with Crippen LogP contribution in [-0.2, 0) is 14.9 Å². The molecule has 0 unspecified atom stereocenters. The second kappa shape index (κ2) is 11.4. The predicted octanol–water partition coefficient (Wildman–Crippen LogP) is 5.66. The maximum atomic E-state index is 12.8. The van der Waals surface area contributed by atoms with Gasteiger partial charge in [-0.3, -0.25) is 4.79 Å². The fraction of sp³-hybridized carbons (Fsp3) is 0.0833. The molecule has 0 aliphatic heterocycles. The minimum atomic E-state index is -4.16. The molecule has 1 amide bonds. The van der Waals surface area contributed by atoms with E-state index in [1.165, 1.54) is 36.4 Å². The van der Waals surface area contributed by atoms with Crippen LogP contribution in [0.15, 0.2) is 77.2 Å². The number of nitriles is 1. The van der Waals surface area contributed by atoms with E-state index < -0.39 is 16.0 Å². The lowest BCUT2D eigenvalue weighted by Gasteiger charge is -2.15. The predicted molar refractivity (Wildman–Crippen MR) is 138 cm³/mol. The van der Waals surface area contributed by atoms with Crippen LogP contribution in [-0.4, -0.2) is 20.9 Å². The standard InChI is InChI=1S/C24H18ClIN2O5S/c1-2-32-22-14-16(12-17(15-27)24(29)28-19-6-4-3-5-7-19)13-21(26)23(22)33-34(30,31)20-10-8-18(25)9-11-20/h3-14H,2H2,1H3,(H,28,29)/b17-12+. The number of para-hydroxylation sites is 1. The zero-order chi connectivity index (χ0) is 24.7. The van der Waals surface area contributed by atoms with E-state index in [0.29, 0.717) is 19.8 Å². The lowest BCUT2D eigenvalue weighted by Crippen LogP contribution is -2.13. The van der Waals surface area contributed by atoms with Crippen molar-refractivity contribution in [3.05, 3.63) is 86.5 Å². The first kappa shape index (κ1) is 25.6. The molecule has 0 aliphatic carbocycles. The highest BCUT2D eigenvalue weighted by molar-refractivity contribution is 14.1. The second-order valence-electron chi connectivity index (χ2n) is 6.74. The Morgan fingerprint density at radius 3 is 2.44 bits per heavy atom. The second-order valence-corrected chi connectivity index (χ2v) is 9.89. The molecule has 10 heteroatoms. The number of rotatable bonds is 8. The molecule has 0 atom stereocenters. The summed E-state index contributed by atoms with van der Waals surface area (Å²) in [6, 6.07) is 19.3. The van der Waals surface area contributed by atoms with Gasteiger partial charge in [0.2, 0.25) is 0 Å². The summed E-state index contributed by atoms with van der Waals surface area (Å²) in [5, 5.41) is 12.6. The van der Waals surface area contributed by atoms with Gasteiger partial charge in [-0.2, -0.15) is 13.7 Å². The van der Waals surface area contributed by atoms with E-state index in [4.69, 9.17) is 20.5 Å². The van der Waals surface area contributed by atoms with Gasteiger partial charge in [0, 0.05) is 10.7 Å². The SMILES string of the molecule is CCOc1cc(/C=C(\C#N)C(=O)Nc2ccccc2)cc(I)c1OS(=O)(=O)c1ccc(Cl)cc1. The molecule has 0 bridgehead atoms. The van der Waals surface area contributed by atoms with Crippen LogP contribution in [0.25, 0.3) is 6.08 Å². The molecule has 1 N–H and O–H groups in total. The fourth-order valence-corrected chi connectivity index (χ4v) is 4.78. The Kier molecular flexibility index (Phi) is 8.55. The van der Waals surface area contributed by atoms with Crippen molar-refractivity contribution in [1.29, 1.82) is 5.26 Å². The molecule has 0 heterocycles. The zero-order valence-electron chi connectivity index (χ0n) is 17.8. The largest absolute Gasteiger partial charge is 0.490 e. The summed E-state index contributed by atoms with van der Waals surface area (Å²) in [6.45, 7) is 1.97. The van der Waals surface area contributed by atoms with Gasteiger partial charge < -0.3 is 14.2 Å². The molecule has 3 aromatic carbocycles. The summed E-state index contributed by atoms with van der Waals surface area (Å²) < 4.78 is 36.9. The summed E-state index contributed by atoms with van der Waals surface area (Å²) in [4.78, 5) is 12.5. The lowest BCUT2D eigenvalue weighted by atomic mass is 10.1. The van der Waals surface area contributed by atoms with Crippen molar-refractivity contribution < 1.29 is 22.1 Å². The van der Waals surface area contributed by atoms with Gasteiger partial charge in [0.05, 0.1) is 10.2 Å². The Morgan fingerprint density at radius 2 is 1.82 bits per heavy atom. The van der Waals surface area contributed by atoms with Crippen LogP contribution in [0, 0.1) is 14.9 Å². The number of ether oxygens (including phenoxy) is 1. The molecule has 174 valence electrons. The van der Waals surface area contributed by atoms with Gasteiger partial charge in [-0.05, 0) is 89.7 Å². The Balaban J connectivity index is 1.94. The van der Waals surface area contributed by atoms with Crippen LogP contribution in [0.2, 0.25) is 5.02 Å². The van der Waals surface area contributed by atoms with Gasteiger partial charge >= 0.3 is 10.1 Å². The third-order valence-corrected chi connectivity index (χ3v) is 6.62. The molecule has 0 fully saturated rings. The maximum absolute atomic E-state index is 12.8. The van der Waals surface area contributed by atoms with E-state index in [9.17, 15) is 18.5 Å². The molecule has 3 rings (SSSR count). The zero-order valence-corrected chi connectivity index (χ0v) is 21.5. The number of hydrogen-bond donors (Lipinski definition) is 1. The summed E-state index contributed by atoms with van der Waals surface area (Å²) in [5.41, 5.74) is 0.878. The number of carbonyl (C=O) groups excluding carboxylic acids is 1. The number of carbonyl (C=O) groups is 1. The summed E-state index contributed by atoms with van der Waals surface area (Å²) >= 11 is 7.75. The normalized spacial score (nSPS) is 11.4. The highest BCUT2D eigenvalue weighted by Crippen LogP contribution is 2.37. The quantitative estimate of drug-likeness (QED) is 0.153. The monoisotopic (exact) mass is 608 g/mol. The van der Waals surface area contributed by atoms with Crippen LogP contribution in [0.5, 0.6) is 11.5 Å². The number of hydrogen-bond acceptors (Lipinski definition) is 6. The lowest BCUT2D eigenvalue weighted by molar-refractivity contribution is -0.112. The molecule has 3 aromatic rings. The van der Waals surface area contributed by atoms with E-state index in [1.54, 1.807) is 37.3 Å². The molecule has 7 nitrogen and oxygen atoms in total. The molecule has 0 spiro atoms. The van der Waals surface area contributed by atoms with Crippen molar-refractivity contribution in [3.63, 3.8) is 0 Å². The molecule has 34 heavy (non-hydrogen) atoms. The minimum Gasteiger partial charge on any atom is -0.490 e. The van der Waals surface area contributed by atoms with Gasteiger partial charge in [0.1, 0.15) is 16.5 Å². The molecule has 0 radical (unpaired) electrons. The number of nitrogens with zero attached hydrogens (tertiary/aromatic N) is 1. The van der Waals surface area contributed by atoms with Crippen molar-refractivity contribution in [2.75, 3.05) is 11.9 Å². The van der Waals surface area contributed by atoms with E-state index in [2.05, 4.69) is 5.32 Å². The topological polar surface area (TPSA) is 105 Å². The average molecular weight is 609 g/mol. The fourth-order valence-electron chi connectivity index (χ4n) is 2.81. The Morgan fingerprint density at radius 1 is 1.15 bits per heavy atom.